The molecule has 0 atom stereocenters. The van der Waals surface area contributed by atoms with E-state index in [2.05, 4.69) is 25.6 Å². The van der Waals surface area contributed by atoms with Crippen LogP contribution in [0.4, 0.5) is 5.69 Å². The van der Waals surface area contributed by atoms with Crippen molar-refractivity contribution in [2.45, 2.75) is 6.92 Å². The smallest absolute Gasteiger partial charge is 0.273 e. The Labute approximate surface area is 149 Å². The number of amides is 1. The van der Waals surface area contributed by atoms with E-state index in [0.29, 0.717) is 11.4 Å². The minimum atomic E-state index is -0.273. The van der Waals surface area contributed by atoms with Gasteiger partial charge in [-0.2, -0.15) is 10.2 Å². The second-order valence-electron chi connectivity index (χ2n) is 5.87. The monoisotopic (exact) mass is 344 g/mol. The van der Waals surface area contributed by atoms with Gasteiger partial charge in [0.05, 0.1) is 29.5 Å². The summed E-state index contributed by atoms with van der Waals surface area (Å²) in [7, 11) is 0. The third kappa shape index (κ3) is 3.23. The molecule has 1 amide bonds. The van der Waals surface area contributed by atoms with Crippen LogP contribution in [0, 0.1) is 6.92 Å². The molecule has 0 saturated heterocycles. The van der Waals surface area contributed by atoms with Gasteiger partial charge in [0, 0.05) is 18.0 Å². The number of aromatic amines is 1. The quantitative estimate of drug-likeness (QED) is 0.595. The third-order valence-corrected chi connectivity index (χ3v) is 3.94. The van der Waals surface area contributed by atoms with Crippen LogP contribution in [0.3, 0.4) is 0 Å². The number of carbonyl (C=O) groups is 1. The minimum absolute atomic E-state index is 0.273. The summed E-state index contributed by atoms with van der Waals surface area (Å²) >= 11 is 0. The number of nitrogens with zero attached hydrogens (tertiary/aromatic N) is 4. The Kier molecular flexibility index (Phi) is 4.03. The third-order valence-electron chi connectivity index (χ3n) is 3.94. The Balaban J connectivity index is 1.49. The first-order valence-corrected chi connectivity index (χ1v) is 8.08. The number of hydrogen-bond donors (Lipinski definition) is 2. The van der Waals surface area contributed by atoms with Crippen molar-refractivity contribution in [1.29, 1.82) is 0 Å². The molecule has 26 heavy (non-hydrogen) atoms. The maximum absolute atomic E-state index is 12.4. The van der Waals surface area contributed by atoms with Gasteiger partial charge in [-0.05, 0) is 25.1 Å². The van der Waals surface area contributed by atoms with E-state index in [0.717, 1.165) is 16.9 Å². The number of H-pyrrole nitrogens is 1. The fourth-order valence-corrected chi connectivity index (χ4v) is 2.53. The van der Waals surface area contributed by atoms with E-state index in [1.165, 1.54) is 5.56 Å². The van der Waals surface area contributed by atoms with Gasteiger partial charge in [0.25, 0.3) is 5.91 Å². The summed E-state index contributed by atoms with van der Waals surface area (Å²) in [6.45, 7) is 2.03. The van der Waals surface area contributed by atoms with Gasteiger partial charge in [-0.25, -0.2) is 4.68 Å². The molecule has 2 N–H and O–H groups in total. The number of carbonyl (C=O) groups excluding carboxylic acids is 1. The molecule has 0 radical (unpaired) electrons. The largest absolute Gasteiger partial charge is 0.318 e. The van der Waals surface area contributed by atoms with Crippen LogP contribution in [0.15, 0.2) is 67.3 Å². The topological polar surface area (TPSA) is 88.5 Å². The lowest BCUT2D eigenvalue weighted by Gasteiger charge is -2.00. The van der Waals surface area contributed by atoms with Crippen LogP contribution in [0.5, 0.6) is 0 Å². The number of hydrogen-bond acceptors (Lipinski definition) is 4. The zero-order valence-electron chi connectivity index (χ0n) is 14.0. The van der Waals surface area contributed by atoms with Crippen molar-refractivity contribution >= 4 is 11.6 Å². The molecule has 0 aliphatic heterocycles. The zero-order chi connectivity index (χ0) is 17.9. The number of aromatic nitrogens is 5. The highest BCUT2D eigenvalue weighted by atomic mass is 16.1. The van der Waals surface area contributed by atoms with Crippen LogP contribution in [-0.2, 0) is 0 Å². The van der Waals surface area contributed by atoms with E-state index < -0.39 is 0 Å². The fraction of sp³-hybridized carbons (Fsp3) is 0.0526. The molecule has 4 rings (SSSR count). The number of pyridine rings is 1. The molecule has 128 valence electrons. The van der Waals surface area contributed by atoms with Crippen LogP contribution in [-0.4, -0.2) is 30.9 Å². The highest BCUT2D eigenvalue weighted by molar-refractivity contribution is 6.03. The molecule has 4 aromatic rings. The molecule has 0 aliphatic carbocycles. The fourth-order valence-electron chi connectivity index (χ4n) is 2.53. The van der Waals surface area contributed by atoms with Gasteiger partial charge in [0.1, 0.15) is 5.69 Å². The molecule has 7 heteroatoms. The lowest BCUT2D eigenvalue weighted by Crippen LogP contribution is -2.11. The molecule has 7 nitrogen and oxygen atoms in total. The molecular weight excluding hydrogens is 328 g/mol. The first-order valence-electron chi connectivity index (χ1n) is 8.08. The predicted octanol–water partition coefficient (Wildman–Crippen LogP) is 3.22. The van der Waals surface area contributed by atoms with Crippen molar-refractivity contribution in [3.63, 3.8) is 0 Å². The van der Waals surface area contributed by atoms with Gasteiger partial charge < -0.3 is 5.32 Å². The molecule has 3 aromatic heterocycles. The van der Waals surface area contributed by atoms with Crippen LogP contribution in [0.25, 0.3) is 16.9 Å². The van der Waals surface area contributed by atoms with E-state index in [4.69, 9.17) is 0 Å². The summed E-state index contributed by atoms with van der Waals surface area (Å²) in [6, 6.07) is 13.4. The Morgan fingerprint density at radius 1 is 1.12 bits per heavy atom. The van der Waals surface area contributed by atoms with Crippen molar-refractivity contribution in [2.75, 3.05) is 5.32 Å². The lowest BCUT2D eigenvalue weighted by atomic mass is 10.1. The van der Waals surface area contributed by atoms with Gasteiger partial charge in [-0.1, -0.05) is 29.8 Å². The molecule has 0 bridgehead atoms. The average molecular weight is 344 g/mol. The van der Waals surface area contributed by atoms with Crippen molar-refractivity contribution in [2.24, 2.45) is 0 Å². The van der Waals surface area contributed by atoms with Crippen molar-refractivity contribution < 1.29 is 4.79 Å². The summed E-state index contributed by atoms with van der Waals surface area (Å²) in [5.41, 5.74) is 4.70. The van der Waals surface area contributed by atoms with Crippen LogP contribution < -0.4 is 5.32 Å². The highest BCUT2D eigenvalue weighted by Gasteiger charge is 2.12. The van der Waals surface area contributed by atoms with E-state index in [1.807, 2.05) is 43.3 Å². The molecule has 0 spiro atoms. The van der Waals surface area contributed by atoms with Crippen LogP contribution >= 0.6 is 0 Å². The molecule has 3 heterocycles. The number of aryl methyl sites for hydroxylation is 1. The van der Waals surface area contributed by atoms with Gasteiger partial charge >= 0.3 is 0 Å². The summed E-state index contributed by atoms with van der Waals surface area (Å²) in [5, 5.41) is 14.1. The summed E-state index contributed by atoms with van der Waals surface area (Å²) in [5.74, 6) is -0.273. The standard InChI is InChI=1S/C19H16N6O/c1-13-2-4-14(5-3-13)17-10-18(24-23-17)19(26)22-15-11-21-25(12-15)16-6-8-20-9-7-16/h2-12H,1H3,(H,22,26)(H,23,24). The van der Waals surface area contributed by atoms with E-state index in [1.54, 1.807) is 35.5 Å². The van der Waals surface area contributed by atoms with E-state index in [9.17, 15) is 4.79 Å². The summed E-state index contributed by atoms with van der Waals surface area (Å²) in [6.07, 6.45) is 6.71. The highest BCUT2D eigenvalue weighted by Crippen LogP contribution is 2.19. The first-order chi connectivity index (χ1) is 12.7. The van der Waals surface area contributed by atoms with Gasteiger partial charge in [0.2, 0.25) is 0 Å². The average Bonchev–Trinajstić information content (AvgIpc) is 3.33. The van der Waals surface area contributed by atoms with Crippen LogP contribution in [0.2, 0.25) is 0 Å². The SMILES string of the molecule is Cc1ccc(-c2cc(C(=O)Nc3cnn(-c4ccncc4)c3)[nH]n2)cc1. The molecule has 0 unspecified atom stereocenters. The molecule has 0 fully saturated rings. The number of rotatable bonds is 4. The molecule has 0 saturated carbocycles. The Morgan fingerprint density at radius 3 is 2.65 bits per heavy atom. The zero-order valence-corrected chi connectivity index (χ0v) is 14.0. The van der Waals surface area contributed by atoms with Crippen molar-refractivity contribution in [3.8, 4) is 16.9 Å². The van der Waals surface area contributed by atoms with Gasteiger partial charge in [-0.3, -0.25) is 14.9 Å². The second kappa shape index (κ2) is 6.64. The summed E-state index contributed by atoms with van der Waals surface area (Å²) < 4.78 is 1.67. The first kappa shape index (κ1) is 15.8. The molecular formula is C19H16N6O. The van der Waals surface area contributed by atoms with E-state index >= 15 is 0 Å². The van der Waals surface area contributed by atoms with E-state index in [-0.39, 0.29) is 5.91 Å². The minimum Gasteiger partial charge on any atom is -0.318 e. The number of nitrogens with one attached hydrogen (secondary N) is 2. The Morgan fingerprint density at radius 2 is 1.88 bits per heavy atom. The number of benzene rings is 1. The molecule has 1 aromatic carbocycles. The Bertz CT molecular complexity index is 1030. The van der Waals surface area contributed by atoms with Crippen molar-refractivity contribution in [1.82, 2.24) is 25.0 Å². The second-order valence-corrected chi connectivity index (χ2v) is 5.87. The van der Waals surface area contributed by atoms with Gasteiger partial charge in [0.15, 0.2) is 0 Å². The summed E-state index contributed by atoms with van der Waals surface area (Å²) in [4.78, 5) is 16.4. The Hall–Kier alpha value is -3.74. The maximum atomic E-state index is 12.4. The van der Waals surface area contributed by atoms with Crippen LogP contribution in [0.1, 0.15) is 16.1 Å². The van der Waals surface area contributed by atoms with Crippen molar-refractivity contribution in [3.05, 3.63) is 78.5 Å². The number of anilines is 1. The molecule has 0 aliphatic rings. The maximum Gasteiger partial charge on any atom is 0.273 e. The predicted molar refractivity (Wildman–Crippen MR) is 98.1 cm³/mol. The normalized spacial score (nSPS) is 10.7. The lowest BCUT2D eigenvalue weighted by molar-refractivity contribution is 0.102. The van der Waals surface area contributed by atoms with Gasteiger partial charge in [-0.15, -0.1) is 0 Å².